The number of carbonyl (C=O) groups is 3. The van der Waals surface area contributed by atoms with Crippen LogP contribution < -0.4 is 0 Å². The Morgan fingerprint density at radius 2 is 0.586 bits per heavy atom. The lowest BCUT2D eigenvalue weighted by atomic mass is 10.1. The van der Waals surface area contributed by atoms with Crippen LogP contribution in [0.4, 0.5) is 0 Å². The second-order valence-corrected chi connectivity index (χ2v) is 19.5. The predicted octanol–water partition coefficient (Wildman–Crippen LogP) is 19.9. The van der Waals surface area contributed by atoms with Crippen molar-refractivity contribution in [2.75, 3.05) is 13.2 Å². The first-order chi connectivity index (χ1) is 34.5. The molecule has 0 radical (unpaired) electrons. The molecule has 6 heteroatoms. The van der Waals surface area contributed by atoms with E-state index in [-0.39, 0.29) is 31.1 Å². The first-order valence-electron chi connectivity index (χ1n) is 29.6. The topological polar surface area (TPSA) is 78.9 Å². The first kappa shape index (κ1) is 66.6. The van der Waals surface area contributed by atoms with Crippen LogP contribution in [-0.2, 0) is 28.6 Å². The summed E-state index contributed by atoms with van der Waals surface area (Å²) in [6.07, 6.45) is 75.8. The molecule has 0 aromatic carbocycles. The van der Waals surface area contributed by atoms with Crippen LogP contribution in [0, 0.1) is 0 Å². The highest BCUT2D eigenvalue weighted by atomic mass is 16.6. The van der Waals surface area contributed by atoms with Gasteiger partial charge >= 0.3 is 17.9 Å². The van der Waals surface area contributed by atoms with Gasteiger partial charge in [0.2, 0.25) is 0 Å². The maximum Gasteiger partial charge on any atom is 0.306 e. The van der Waals surface area contributed by atoms with Gasteiger partial charge in [0.05, 0.1) is 0 Å². The highest BCUT2D eigenvalue weighted by Crippen LogP contribution is 2.15. The van der Waals surface area contributed by atoms with Crippen molar-refractivity contribution in [1.29, 1.82) is 0 Å². The molecule has 1 atom stereocenters. The molecule has 0 bridgehead atoms. The van der Waals surface area contributed by atoms with Gasteiger partial charge in [0.15, 0.2) is 6.10 Å². The normalized spacial score (nSPS) is 12.7. The Morgan fingerprint density at radius 3 is 0.943 bits per heavy atom. The van der Waals surface area contributed by atoms with E-state index in [1.54, 1.807) is 0 Å². The first-order valence-corrected chi connectivity index (χ1v) is 29.6. The molecule has 0 saturated heterocycles. The Kier molecular flexibility index (Phi) is 55.3. The van der Waals surface area contributed by atoms with E-state index < -0.39 is 6.10 Å². The van der Waals surface area contributed by atoms with Crippen LogP contribution in [0.1, 0.15) is 284 Å². The summed E-state index contributed by atoms with van der Waals surface area (Å²) in [5.74, 6) is -0.905. The summed E-state index contributed by atoms with van der Waals surface area (Å²) in [6, 6.07) is 0. The molecule has 0 aliphatic rings. The molecule has 0 amide bonds. The van der Waals surface area contributed by atoms with E-state index in [0.717, 1.165) is 109 Å². The number of hydrogen-bond donors (Lipinski definition) is 0. The average molecular weight is 976 g/mol. The lowest BCUT2D eigenvalue weighted by molar-refractivity contribution is -0.167. The summed E-state index contributed by atoms with van der Waals surface area (Å²) in [5, 5.41) is 0. The van der Waals surface area contributed by atoms with Gasteiger partial charge in [0.25, 0.3) is 0 Å². The number of esters is 3. The minimum absolute atomic E-state index is 0.0852. The molecule has 0 N–H and O–H groups in total. The van der Waals surface area contributed by atoms with Crippen molar-refractivity contribution in [3.63, 3.8) is 0 Å². The molecule has 0 rings (SSSR count). The number of hydrogen-bond acceptors (Lipinski definition) is 6. The van der Waals surface area contributed by atoms with Crippen LogP contribution in [0.2, 0.25) is 0 Å². The van der Waals surface area contributed by atoms with E-state index in [1.165, 1.54) is 135 Å². The smallest absolute Gasteiger partial charge is 0.306 e. The second kappa shape index (κ2) is 58.2. The Balaban J connectivity index is 4.27. The maximum absolute atomic E-state index is 12.8. The van der Waals surface area contributed by atoms with Crippen LogP contribution in [0.15, 0.2) is 85.1 Å². The number of ether oxygens (including phenoxy) is 3. The molecular formula is C64H110O6. The molecule has 0 fully saturated rings. The number of rotatable bonds is 53. The average Bonchev–Trinajstić information content (AvgIpc) is 3.36. The van der Waals surface area contributed by atoms with Gasteiger partial charge in [-0.1, -0.05) is 241 Å². The summed E-state index contributed by atoms with van der Waals surface area (Å²) in [7, 11) is 0. The van der Waals surface area contributed by atoms with Crippen LogP contribution in [0.3, 0.4) is 0 Å². The number of unbranched alkanes of at least 4 members (excludes halogenated alkanes) is 28. The number of carbonyl (C=O) groups excluding carboxylic acids is 3. The molecule has 1 unspecified atom stereocenters. The molecule has 70 heavy (non-hydrogen) atoms. The van der Waals surface area contributed by atoms with E-state index in [4.69, 9.17) is 14.2 Å². The van der Waals surface area contributed by atoms with Crippen molar-refractivity contribution in [2.24, 2.45) is 0 Å². The third-order valence-corrected chi connectivity index (χ3v) is 12.6. The number of allylic oxidation sites excluding steroid dienone is 14. The molecule has 0 saturated carbocycles. The summed E-state index contributed by atoms with van der Waals surface area (Å²) in [5.41, 5.74) is 0. The summed E-state index contributed by atoms with van der Waals surface area (Å²) < 4.78 is 16.8. The van der Waals surface area contributed by atoms with Crippen LogP contribution in [-0.4, -0.2) is 37.2 Å². The second-order valence-electron chi connectivity index (χ2n) is 19.5. The molecule has 0 aromatic heterocycles. The van der Waals surface area contributed by atoms with E-state index >= 15 is 0 Å². The minimum Gasteiger partial charge on any atom is -0.462 e. The molecule has 0 aliphatic carbocycles. The molecular weight excluding hydrogens is 865 g/mol. The fourth-order valence-corrected chi connectivity index (χ4v) is 8.17. The highest BCUT2D eigenvalue weighted by Gasteiger charge is 2.19. The zero-order valence-corrected chi connectivity index (χ0v) is 46.0. The Bertz CT molecular complexity index is 1350. The van der Waals surface area contributed by atoms with Crippen molar-refractivity contribution in [2.45, 2.75) is 290 Å². The van der Waals surface area contributed by atoms with E-state index in [9.17, 15) is 14.4 Å². The Morgan fingerprint density at radius 1 is 0.300 bits per heavy atom. The third kappa shape index (κ3) is 55.5. The summed E-state index contributed by atoms with van der Waals surface area (Å²) in [4.78, 5) is 38.1. The standard InChI is InChI=1S/C64H110O6/c1-4-7-10-13-16-19-22-24-26-28-29-30-31-32-33-34-35-37-38-40-42-45-48-51-54-57-63(66)69-60-61(59-68-62(65)56-53-50-47-44-21-18-15-12-9-6-3)70-64(67)58-55-52-49-46-43-41-39-36-27-25-23-20-17-14-11-8-5-2/h8,11-12,15,17,20,22,24-25,27-29,31-32,61H,4-7,9-10,13-14,16,18-19,21,23,26,30,33-60H2,1-3H3/b11-8-,15-12-,20-17-,24-22-,27-25-,29-28-,32-31-. The monoisotopic (exact) mass is 975 g/mol. The van der Waals surface area contributed by atoms with Gasteiger partial charge in [-0.3, -0.25) is 14.4 Å². The Labute approximate surface area is 433 Å². The van der Waals surface area contributed by atoms with Crippen LogP contribution in [0.5, 0.6) is 0 Å². The minimum atomic E-state index is -0.787. The molecule has 0 aliphatic heterocycles. The van der Waals surface area contributed by atoms with Crippen molar-refractivity contribution in [3.8, 4) is 0 Å². The lowest BCUT2D eigenvalue weighted by Crippen LogP contribution is -2.30. The van der Waals surface area contributed by atoms with Gasteiger partial charge in [-0.2, -0.15) is 0 Å². The largest absolute Gasteiger partial charge is 0.462 e. The van der Waals surface area contributed by atoms with Crippen LogP contribution >= 0.6 is 0 Å². The van der Waals surface area contributed by atoms with Gasteiger partial charge in [-0.25, -0.2) is 0 Å². The fourth-order valence-electron chi connectivity index (χ4n) is 8.17. The predicted molar refractivity (Wildman–Crippen MR) is 302 cm³/mol. The van der Waals surface area contributed by atoms with E-state index in [1.807, 2.05) is 0 Å². The quantitative estimate of drug-likeness (QED) is 0.0261. The summed E-state index contributed by atoms with van der Waals surface area (Å²) in [6.45, 7) is 6.45. The van der Waals surface area contributed by atoms with E-state index in [0.29, 0.717) is 19.3 Å². The van der Waals surface area contributed by atoms with Crippen LogP contribution in [0.25, 0.3) is 0 Å². The highest BCUT2D eigenvalue weighted by molar-refractivity contribution is 5.71. The SMILES string of the molecule is CC/C=C\C/C=C\C/C=C\CCCCCCCCCC(=O)OC(COC(=O)CCCCCCC/C=C\CCC)COC(=O)CCCCCCCCCCCC/C=C\C/C=C\C/C=C\CCCCCCC. The molecule has 0 aromatic rings. The van der Waals surface area contributed by atoms with Gasteiger partial charge in [0, 0.05) is 19.3 Å². The van der Waals surface area contributed by atoms with Gasteiger partial charge in [0.1, 0.15) is 13.2 Å². The maximum atomic E-state index is 12.8. The van der Waals surface area contributed by atoms with E-state index in [2.05, 4.69) is 106 Å². The summed E-state index contributed by atoms with van der Waals surface area (Å²) >= 11 is 0. The van der Waals surface area contributed by atoms with Gasteiger partial charge in [-0.15, -0.1) is 0 Å². The zero-order chi connectivity index (χ0) is 50.7. The molecule has 0 heterocycles. The lowest BCUT2D eigenvalue weighted by Gasteiger charge is -2.18. The molecule has 0 spiro atoms. The van der Waals surface area contributed by atoms with Gasteiger partial charge in [-0.05, 0) is 109 Å². The van der Waals surface area contributed by atoms with Crippen molar-refractivity contribution < 1.29 is 28.6 Å². The fraction of sp³-hybridized carbons (Fsp3) is 0.734. The Hall–Kier alpha value is -3.41. The van der Waals surface area contributed by atoms with Crippen molar-refractivity contribution in [3.05, 3.63) is 85.1 Å². The third-order valence-electron chi connectivity index (χ3n) is 12.6. The molecule has 402 valence electrons. The van der Waals surface area contributed by atoms with Crippen molar-refractivity contribution in [1.82, 2.24) is 0 Å². The van der Waals surface area contributed by atoms with Crippen molar-refractivity contribution >= 4 is 17.9 Å². The zero-order valence-electron chi connectivity index (χ0n) is 46.0. The molecule has 6 nitrogen and oxygen atoms in total. The van der Waals surface area contributed by atoms with Gasteiger partial charge < -0.3 is 14.2 Å².